The summed E-state index contributed by atoms with van der Waals surface area (Å²) in [5.41, 5.74) is -0.853. The van der Waals surface area contributed by atoms with Crippen molar-refractivity contribution in [1.29, 1.82) is 0 Å². The Hall–Kier alpha value is -1.26. The van der Waals surface area contributed by atoms with E-state index in [1.807, 2.05) is 41.5 Å². The van der Waals surface area contributed by atoms with Crippen molar-refractivity contribution < 1.29 is 19.1 Å². The highest BCUT2D eigenvalue weighted by atomic mass is 16.6. The molecule has 1 amide bonds. The Morgan fingerprint density at radius 2 is 1.65 bits per heavy atom. The van der Waals surface area contributed by atoms with E-state index in [1.165, 1.54) is 0 Å². The van der Waals surface area contributed by atoms with Crippen LogP contribution >= 0.6 is 0 Å². The highest BCUT2D eigenvalue weighted by molar-refractivity contribution is 5.75. The molecule has 1 fully saturated rings. The Bertz CT molecular complexity index is 404. The number of likely N-dealkylation sites (tertiary alicyclic amines) is 1. The second-order valence-electron chi connectivity index (χ2n) is 8.07. The summed E-state index contributed by atoms with van der Waals surface area (Å²) in [7, 11) is 0. The molecule has 0 aliphatic carbocycles. The second-order valence-corrected chi connectivity index (χ2v) is 8.07. The summed E-state index contributed by atoms with van der Waals surface area (Å²) in [5, 5.41) is 0. The molecule has 0 saturated carbocycles. The SMILES string of the molecule is CCC(C)(C)C(=O)OCCC1CCN(C(=O)OC(C)(C)C)CC1. The van der Waals surface area contributed by atoms with E-state index in [2.05, 4.69) is 0 Å². The molecule has 1 rings (SSSR count). The van der Waals surface area contributed by atoms with Crippen molar-refractivity contribution in [3.8, 4) is 0 Å². The van der Waals surface area contributed by atoms with Gasteiger partial charge in [-0.1, -0.05) is 6.92 Å². The van der Waals surface area contributed by atoms with Crippen LogP contribution in [0, 0.1) is 11.3 Å². The quantitative estimate of drug-likeness (QED) is 0.716. The summed E-state index contributed by atoms with van der Waals surface area (Å²) in [5.74, 6) is 0.386. The first kappa shape index (κ1) is 19.8. The van der Waals surface area contributed by atoms with Crippen molar-refractivity contribution in [1.82, 2.24) is 4.90 Å². The van der Waals surface area contributed by atoms with Crippen molar-refractivity contribution in [2.24, 2.45) is 11.3 Å². The Kier molecular flexibility index (Phi) is 6.90. The molecular formula is C18H33NO4. The molecule has 0 aromatic rings. The zero-order chi connectivity index (χ0) is 17.7. The minimum Gasteiger partial charge on any atom is -0.465 e. The number of hydrogen-bond acceptors (Lipinski definition) is 4. The average Bonchev–Trinajstić information content (AvgIpc) is 2.46. The average molecular weight is 327 g/mol. The first-order valence-corrected chi connectivity index (χ1v) is 8.70. The summed E-state index contributed by atoms with van der Waals surface area (Å²) in [6.07, 6.45) is 3.29. The minimum absolute atomic E-state index is 0.119. The number of carbonyl (C=O) groups excluding carboxylic acids is 2. The van der Waals surface area contributed by atoms with E-state index in [0.717, 1.165) is 25.7 Å². The van der Waals surface area contributed by atoms with Crippen LogP contribution in [0.3, 0.4) is 0 Å². The molecule has 0 N–H and O–H groups in total. The number of rotatable bonds is 5. The zero-order valence-corrected chi connectivity index (χ0v) is 15.6. The second kappa shape index (κ2) is 8.02. The first-order valence-electron chi connectivity index (χ1n) is 8.70. The van der Waals surface area contributed by atoms with Gasteiger partial charge < -0.3 is 14.4 Å². The number of piperidine rings is 1. The summed E-state index contributed by atoms with van der Waals surface area (Å²) in [4.78, 5) is 25.7. The maximum absolute atomic E-state index is 12.0. The topological polar surface area (TPSA) is 55.8 Å². The molecule has 0 spiro atoms. The summed E-state index contributed by atoms with van der Waals surface area (Å²) >= 11 is 0. The van der Waals surface area contributed by atoms with Crippen LogP contribution in [0.25, 0.3) is 0 Å². The molecule has 5 heteroatoms. The zero-order valence-electron chi connectivity index (χ0n) is 15.6. The molecule has 1 heterocycles. The highest BCUT2D eigenvalue weighted by Gasteiger charge is 2.29. The number of ether oxygens (including phenoxy) is 2. The maximum atomic E-state index is 12.0. The van der Waals surface area contributed by atoms with Crippen molar-refractivity contribution in [2.75, 3.05) is 19.7 Å². The van der Waals surface area contributed by atoms with Crippen LogP contribution in [0.5, 0.6) is 0 Å². The molecule has 0 radical (unpaired) electrons. The van der Waals surface area contributed by atoms with Gasteiger partial charge in [-0.15, -0.1) is 0 Å². The summed E-state index contributed by atoms with van der Waals surface area (Å²) < 4.78 is 10.8. The molecule has 134 valence electrons. The van der Waals surface area contributed by atoms with Crippen LogP contribution in [-0.4, -0.2) is 42.3 Å². The molecule has 1 saturated heterocycles. The van der Waals surface area contributed by atoms with E-state index in [0.29, 0.717) is 25.6 Å². The number of carbonyl (C=O) groups is 2. The fourth-order valence-electron chi connectivity index (χ4n) is 2.39. The van der Waals surface area contributed by atoms with Crippen molar-refractivity contribution >= 4 is 12.1 Å². The van der Waals surface area contributed by atoms with Crippen LogP contribution in [-0.2, 0) is 14.3 Å². The van der Waals surface area contributed by atoms with Gasteiger partial charge in [-0.3, -0.25) is 4.79 Å². The van der Waals surface area contributed by atoms with Gasteiger partial charge >= 0.3 is 12.1 Å². The Balaban J connectivity index is 2.27. The molecule has 23 heavy (non-hydrogen) atoms. The van der Waals surface area contributed by atoms with E-state index in [1.54, 1.807) is 4.90 Å². The molecule has 0 unspecified atom stereocenters. The lowest BCUT2D eigenvalue weighted by Gasteiger charge is -2.33. The Morgan fingerprint density at radius 1 is 1.09 bits per heavy atom. The molecule has 0 aromatic carbocycles. The van der Waals surface area contributed by atoms with Gasteiger partial charge in [0.1, 0.15) is 5.60 Å². The van der Waals surface area contributed by atoms with Crippen LogP contribution in [0.15, 0.2) is 0 Å². The molecular weight excluding hydrogens is 294 g/mol. The first-order chi connectivity index (χ1) is 10.5. The van der Waals surface area contributed by atoms with Gasteiger partial charge in [-0.25, -0.2) is 4.79 Å². The van der Waals surface area contributed by atoms with E-state index in [-0.39, 0.29) is 12.1 Å². The van der Waals surface area contributed by atoms with Crippen LogP contribution in [0.4, 0.5) is 4.79 Å². The fraction of sp³-hybridized carbons (Fsp3) is 0.889. The Morgan fingerprint density at radius 3 is 2.13 bits per heavy atom. The van der Waals surface area contributed by atoms with Gasteiger partial charge in [0.2, 0.25) is 0 Å². The monoisotopic (exact) mass is 327 g/mol. The predicted molar refractivity (Wildman–Crippen MR) is 90.2 cm³/mol. The van der Waals surface area contributed by atoms with Crippen LogP contribution in [0.1, 0.15) is 67.2 Å². The minimum atomic E-state index is -0.450. The van der Waals surface area contributed by atoms with Crippen molar-refractivity contribution in [3.05, 3.63) is 0 Å². The van der Waals surface area contributed by atoms with Gasteiger partial charge in [-0.2, -0.15) is 0 Å². The standard InChI is InChI=1S/C18H33NO4/c1-7-18(5,6)15(20)22-13-10-14-8-11-19(12-9-14)16(21)23-17(2,3)4/h14H,7-13H2,1-6H3. The lowest BCUT2D eigenvalue weighted by Crippen LogP contribution is -2.41. The third-order valence-electron chi connectivity index (χ3n) is 4.46. The molecule has 0 bridgehead atoms. The number of hydrogen-bond donors (Lipinski definition) is 0. The van der Waals surface area contributed by atoms with Gasteiger partial charge in [-0.05, 0) is 66.2 Å². The molecule has 0 atom stereocenters. The maximum Gasteiger partial charge on any atom is 0.410 e. The lowest BCUT2D eigenvalue weighted by atomic mass is 9.90. The highest BCUT2D eigenvalue weighted by Crippen LogP contribution is 2.24. The fourth-order valence-corrected chi connectivity index (χ4v) is 2.39. The number of esters is 1. The van der Waals surface area contributed by atoms with E-state index in [4.69, 9.17) is 9.47 Å². The third kappa shape index (κ3) is 6.80. The molecule has 0 aromatic heterocycles. The van der Waals surface area contributed by atoms with E-state index >= 15 is 0 Å². The third-order valence-corrected chi connectivity index (χ3v) is 4.46. The van der Waals surface area contributed by atoms with Gasteiger partial charge in [0, 0.05) is 13.1 Å². The summed E-state index contributed by atoms with van der Waals surface area (Å²) in [6.45, 7) is 13.4. The van der Waals surface area contributed by atoms with Crippen molar-refractivity contribution in [3.63, 3.8) is 0 Å². The van der Waals surface area contributed by atoms with Gasteiger partial charge in [0.15, 0.2) is 0 Å². The molecule has 1 aliphatic heterocycles. The van der Waals surface area contributed by atoms with E-state index < -0.39 is 11.0 Å². The predicted octanol–water partition coefficient (Wildman–Crippen LogP) is 4.00. The largest absolute Gasteiger partial charge is 0.465 e. The van der Waals surface area contributed by atoms with Gasteiger partial charge in [0.05, 0.1) is 12.0 Å². The molecule has 1 aliphatic rings. The van der Waals surface area contributed by atoms with E-state index in [9.17, 15) is 9.59 Å². The number of amides is 1. The van der Waals surface area contributed by atoms with Crippen LogP contribution < -0.4 is 0 Å². The normalized spacial score (nSPS) is 17.0. The molecule has 5 nitrogen and oxygen atoms in total. The summed E-state index contributed by atoms with van der Waals surface area (Å²) in [6, 6.07) is 0. The van der Waals surface area contributed by atoms with Gasteiger partial charge in [0.25, 0.3) is 0 Å². The Labute approximate surface area is 140 Å². The smallest absolute Gasteiger partial charge is 0.410 e. The van der Waals surface area contributed by atoms with Crippen molar-refractivity contribution in [2.45, 2.75) is 72.8 Å². The lowest BCUT2D eigenvalue weighted by molar-refractivity contribution is -0.154. The van der Waals surface area contributed by atoms with Crippen LogP contribution in [0.2, 0.25) is 0 Å². The number of nitrogens with zero attached hydrogens (tertiary/aromatic N) is 1.